The third-order valence-electron chi connectivity index (χ3n) is 6.04. The minimum Gasteiger partial charge on any atom is -0.398 e. The van der Waals surface area contributed by atoms with Crippen molar-refractivity contribution in [1.82, 2.24) is 15.0 Å². The number of likely N-dealkylation sites (tertiary alicyclic amines) is 1. The van der Waals surface area contributed by atoms with E-state index in [1.165, 1.54) is 4.90 Å². The van der Waals surface area contributed by atoms with Crippen LogP contribution in [-0.4, -0.2) is 39.6 Å². The molecule has 1 saturated heterocycles. The van der Waals surface area contributed by atoms with Gasteiger partial charge in [0.15, 0.2) is 5.76 Å². The van der Waals surface area contributed by atoms with Gasteiger partial charge >= 0.3 is 0 Å². The molecule has 3 N–H and O–H groups in total. The van der Waals surface area contributed by atoms with E-state index >= 15 is 0 Å². The van der Waals surface area contributed by atoms with Crippen molar-refractivity contribution in [2.24, 2.45) is 0 Å². The number of nitrogens with two attached hydrogens (primary N) is 1. The molecule has 2 aromatic heterocycles. The van der Waals surface area contributed by atoms with Crippen LogP contribution in [0.4, 0.5) is 11.4 Å². The molecule has 0 aliphatic carbocycles. The van der Waals surface area contributed by atoms with Crippen molar-refractivity contribution >= 4 is 22.9 Å². The Bertz CT molecular complexity index is 1220. The van der Waals surface area contributed by atoms with Crippen LogP contribution in [0, 0.1) is 0 Å². The van der Waals surface area contributed by atoms with Gasteiger partial charge in [0, 0.05) is 61.0 Å². The van der Waals surface area contributed by atoms with Gasteiger partial charge in [-0.3, -0.25) is 9.78 Å². The maximum absolute atomic E-state index is 12.4. The summed E-state index contributed by atoms with van der Waals surface area (Å²) in [5.74, 6) is -0.202. The summed E-state index contributed by atoms with van der Waals surface area (Å²) in [6.07, 6.45) is 4.06. The molecule has 0 radical (unpaired) electrons. The fraction of sp³-hybridized carbons (Fsp3) is 0.261. The van der Waals surface area contributed by atoms with Crippen LogP contribution in [0.2, 0.25) is 0 Å². The Balaban J connectivity index is 1.46. The molecule has 0 spiro atoms. The van der Waals surface area contributed by atoms with Gasteiger partial charge in [0.25, 0.3) is 5.91 Å². The fourth-order valence-electron chi connectivity index (χ4n) is 4.22. The van der Waals surface area contributed by atoms with Crippen molar-refractivity contribution in [1.29, 1.82) is 0 Å². The zero-order valence-electron chi connectivity index (χ0n) is 17.4. The van der Waals surface area contributed by atoms with Crippen LogP contribution in [0.15, 0.2) is 53.3 Å². The van der Waals surface area contributed by atoms with Crippen LogP contribution < -0.4 is 10.6 Å². The van der Waals surface area contributed by atoms with Gasteiger partial charge in [-0.2, -0.15) is 0 Å². The van der Waals surface area contributed by atoms with Crippen molar-refractivity contribution in [3.8, 4) is 11.3 Å². The molecule has 3 aromatic rings. The van der Waals surface area contributed by atoms with Gasteiger partial charge in [-0.25, -0.2) is 0 Å². The van der Waals surface area contributed by atoms with E-state index in [4.69, 9.17) is 10.3 Å². The normalized spacial score (nSPS) is 20.7. The maximum Gasteiger partial charge on any atom is 0.262 e. The number of nitrogens with zero attached hydrogens (tertiary/aromatic N) is 4. The summed E-state index contributed by atoms with van der Waals surface area (Å²) in [6, 6.07) is 11.3. The van der Waals surface area contributed by atoms with Crippen molar-refractivity contribution in [2.45, 2.75) is 25.5 Å². The average molecular weight is 417 g/mol. The van der Waals surface area contributed by atoms with Crippen LogP contribution in [0.25, 0.3) is 16.8 Å². The van der Waals surface area contributed by atoms with Gasteiger partial charge in [-0.15, -0.1) is 0 Å². The third kappa shape index (κ3) is 3.07. The van der Waals surface area contributed by atoms with Crippen LogP contribution in [-0.2, 0) is 16.9 Å². The first-order valence-electron chi connectivity index (χ1n) is 10.1. The van der Waals surface area contributed by atoms with Crippen molar-refractivity contribution in [2.75, 3.05) is 24.2 Å². The quantitative estimate of drug-likeness (QED) is 0.674. The summed E-state index contributed by atoms with van der Waals surface area (Å²) in [6.45, 7) is 3.10. The number of nitrogen functional groups attached to an aromatic ring is 1. The number of allylic oxidation sites excluding steroid dienone is 1. The van der Waals surface area contributed by atoms with Crippen LogP contribution >= 0.6 is 0 Å². The SMILES string of the molecule is CC1=CN(c2cccc(-c3cc([C@@]4(O)CCN(C)C4=O)on3)c2)Cc2c(N)ccnc21. The number of benzene rings is 1. The Kier molecular flexibility index (Phi) is 4.33. The topological polar surface area (TPSA) is 109 Å². The largest absolute Gasteiger partial charge is 0.398 e. The molecule has 0 unspecified atom stereocenters. The second-order valence-electron chi connectivity index (χ2n) is 8.13. The Morgan fingerprint density at radius 2 is 2.10 bits per heavy atom. The van der Waals surface area contributed by atoms with Gasteiger partial charge in [0.1, 0.15) is 5.69 Å². The molecular formula is C23H23N5O3. The molecular weight excluding hydrogens is 394 g/mol. The van der Waals surface area contributed by atoms with E-state index < -0.39 is 5.60 Å². The van der Waals surface area contributed by atoms with Crippen LogP contribution in [0.3, 0.4) is 0 Å². The Hall–Kier alpha value is -3.65. The average Bonchev–Trinajstić information content (AvgIpc) is 3.37. The summed E-state index contributed by atoms with van der Waals surface area (Å²) < 4.78 is 5.39. The van der Waals surface area contributed by atoms with Crippen molar-refractivity contribution < 1.29 is 14.4 Å². The number of likely N-dealkylation sites (N-methyl/N-ethyl adjacent to an activating group) is 1. The number of rotatable bonds is 3. The third-order valence-corrected chi connectivity index (χ3v) is 6.04. The zero-order valence-corrected chi connectivity index (χ0v) is 17.4. The minimum atomic E-state index is -1.65. The number of anilines is 2. The Labute approximate surface area is 179 Å². The smallest absolute Gasteiger partial charge is 0.262 e. The number of carbonyl (C=O) groups excluding carboxylic acids is 1. The molecule has 8 heteroatoms. The number of aromatic nitrogens is 2. The summed E-state index contributed by atoms with van der Waals surface area (Å²) in [5, 5.41) is 14.9. The minimum absolute atomic E-state index is 0.170. The number of pyridine rings is 1. The number of hydrogen-bond acceptors (Lipinski definition) is 7. The lowest BCUT2D eigenvalue weighted by atomic mass is 9.98. The lowest BCUT2D eigenvalue weighted by molar-refractivity contribution is -0.144. The predicted molar refractivity (Wildman–Crippen MR) is 117 cm³/mol. The molecule has 0 bridgehead atoms. The van der Waals surface area contributed by atoms with Crippen molar-refractivity contribution in [3.05, 3.63) is 65.8 Å². The first-order chi connectivity index (χ1) is 14.9. The molecule has 1 fully saturated rings. The van der Waals surface area contributed by atoms with Gasteiger partial charge in [-0.1, -0.05) is 17.3 Å². The number of amides is 1. The molecule has 2 aliphatic heterocycles. The van der Waals surface area contributed by atoms with E-state index in [0.717, 1.165) is 33.8 Å². The highest BCUT2D eigenvalue weighted by molar-refractivity contribution is 5.88. The highest BCUT2D eigenvalue weighted by atomic mass is 16.5. The Morgan fingerprint density at radius 1 is 1.26 bits per heavy atom. The second kappa shape index (κ2) is 6.95. The summed E-state index contributed by atoms with van der Waals surface area (Å²) in [4.78, 5) is 20.4. The lowest BCUT2D eigenvalue weighted by Gasteiger charge is -2.28. The highest BCUT2D eigenvalue weighted by Crippen LogP contribution is 2.36. The van der Waals surface area contributed by atoms with Gasteiger partial charge in [0.2, 0.25) is 5.60 Å². The Morgan fingerprint density at radius 3 is 2.87 bits per heavy atom. The van der Waals surface area contributed by atoms with E-state index in [2.05, 4.69) is 21.2 Å². The van der Waals surface area contributed by atoms with Crippen molar-refractivity contribution in [3.63, 3.8) is 0 Å². The number of hydrogen-bond donors (Lipinski definition) is 2. The van der Waals surface area contributed by atoms with E-state index in [0.29, 0.717) is 18.8 Å². The zero-order chi connectivity index (χ0) is 21.8. The van der Waals surface area contributed by atoms with Gasteiger partial charge < -0.3 is 25.2 Å². The van der Waals surface area contributed by atoms with E-state index in [-0.39, 0.29) is 18.1 Å². The molecule has 0 saturated carbocycles. The first-order valence-corrected chi connectivity index (χ1v) is 10.1. The fourth-order valence-corrected chi connectivity index (χ4v) is 4.22. The highest BCUT2D eigenvalue weighted by Gasteiger charge is 2.48. The summed E-state index contributed by atoms with van der Waals surface area (Å²) in [5.41, 5.74) is 10.6. The monoisotopic (exact) mass is 417 g/mol. The molecule has 31 heavy (non-hydrogen) atoms. The second-order valence-corrected chi connectivity index (χ2v) is 8.13. The molecule has 4 heterocycles. The van der Waals surface area contributed by atoms with E-state index in [9.17, 15) is 9.90 Å². The molecule has 1 amide bonds. The number of aliphatic hydroxyl groups is 1. The number of carbonyl (C=O) groups is 1. The summed E-state index contributed by atoms with van der Waals surface area (Å²) in [7, 11) is 1.66. The maximum atomic E-state index is 12.4. The van der Waals surface area contributed by atoms with Crippen LogP contribution in [0.1, 0.15) is 30.4 Å². The number of fused-ring (bicyclic) bond motifs is 1. The predicted octanol–water partition coefficient (Wildman–Crippen LogP) is 2.75. The lowest BCUT2D eigenvalue weighted by Crippen LogP contribution is -2.35. The molecule has 1 atom stereocenters. The molecule has 2 aliphatic rings. The molecule has 1 aromatic carbocycles. The van der Waals surface area contributed by atoms with Crippen LogP contribution in [0.5, 0.6) is 0 Å². The standard InChI is InChI=1S/C23H23N5O3/c1-14-12-28(13-17-18(24)6-8-25-21(14)17)16-5-3-4-15(10-16)19-11-20(31-26-19)23(30)7-9-27(2)22(23)29/h3-6,8,10-12,30H,7,9,13H2,1-2H3,(H2,24,25)/t23-/m0/s1. The van der Waals surface area contributed by atoms with E-state index in [1.807, 2.05) is 37.3 Å². The van der Waals surface area contributed by atoms with Gasteiger partial charge in [0.05, 0.1) is 12.2 Å². The molecule has 8 nitrogen and oxygen atoms in total. The molecule has 158 valence electrons. The van der Waals surface area contributed by atoms with Gasteiger partial charge in [-0.05, 0) is 30.7 Å². The molecule has 5 rings (SSSR count). The first kappa shape index (κ1) is 19.3. The van der Waals surface area contributed by atoms with E-state index in [1.54, 1.807) is 19.3 Å². The summed E-state index contributed by atoms with van der Waals surface area (Å²) >= 11 is 0.